The largest absolute Gasteiger partial charge is 0.476 e. The van der Waals surface area contributed by atoms with Crippen LogP contribution < -0.4 is 9.64 Å². The van der Waals surface area contributed by atoms with Crippen molar-refractivity contribution >= 4 is 11.7 Å². The summed E-state index contributed by atoms with van der Waals surface area (Å²) in [5, 5.41) is 8.84. The number of carbonyl (C=O) groups is 1. The number of benzene rings is 1. The second-order valence-electron chi connectivity index (χ2n) is 2.95. The molecule has 0 fully saturated rings. The Morgan fingerprint density at radius 2 is 2.14 bits per heavy atom. The summed E-state index contributed by atoms with van der Waals surface area (Å²) in [5.74, 6) is -0.331. The summed E-state index contributed by atoms with van der Waals surface area (Å²) in [6.07, 6.45) is 1.24. The van der Waals surface area contributed by atoms with Crippen LogP contribution in [0.1, 0.15) is 0 Å². The van der Waals surface area contributed by atoms with Crippen molar-refractivity contribution in [3.63, 3.8) is 0 Å². The lowest BCUT2D eigenvalue weighted by Gasteiger charge is -2.25. The summed E-state index contributed by atoms with van der Waals surface area (Å²) in [6.45, 7) is 0. The number of hydrogen-bond donors (Lipinski definition) is 1. The molecule has 1 aliphatic rings. The first-order chi connectivity index (χ1) is 6.70. The maximum Gasteiger partial charge on any atom is 0.355 e. The average Bonchev–Trinajstić information content (AvgIpc) is 2.18. The standard InChI is InChI=1S/C10H9NO3/c1-11-7-4-2-3-5-9(7)14-6-8(11)10(12)13/h2-6H,1H3,(H,12,13). The Labute approximate surface area is 81.0 Å². The molecular weight excluding hydrogens is 182 g/mol. The average molecular weight is 191 g/mol. The summed E-state index contributed by atoms with van der Waals surface area (Å²) in [6, 6.07) is 7.28. The van der Waals surface area contributed by atoms with Crippen LogP contribution in [0.5, 0.6) is 5.75 Å². The third-order valence-electron chi connectivity index (χ3n) is 2.10. The fourth-order valence-electron chi connectivity index (χ4n) is 1.36. The molecule has 0 saturated carbocycles. The summed E-state index contributed by atoms with van der Waals surface area (Å²) in [5.41, 5.74) is 0.885. The van der Waals surface area contributed by atoms with E-state index in [1.807, 2.05) is 18.2 Å². The summed E-state index contributed by atoms with van der Waals surface area (Å²) >= 11 is 0. The highest BCUT2D eigenvalue weighted by Crippen LogP contribution is 2.32. The fraction of sp³-hybridized carbons (Fsp3) is 0.100. The maximum absolute atomic E-state index is 10.8. The zero-order valence-corrected chi connectivity index (χ0v) is 7.60. The van der Waals surface area contributed by atoms with E-state index in [1.54, 1.807) is 18.0 Å². The minimum atomic E-state index is -0.998. The van der Waals surface area contributed by atoms with E-state index in [4.69, 9.17) is 9.84 Å². The van der Waals surface area contributed by atoms with Gasteiger partial charge in [-0.2, -0.15) is 0 Å². The van der Waals surface area contributed by atoms with E-state index in [2.05, 4.69) is 0 Å². The van der Waals surface area contributed by atoms with Crippen LogP contribution in [0.15, 0.2) is 36.2 Å². The van der Waals surface area contributed by atoms with E-state index in [-0.39, 0.29) is 5.70 Å². The summed E-state index contributed by atoms with van der Waals surface area (Å²) in [7, 11) is 1.70. The quantitative estimate of drug-likeness (QED) is 0.729. The van der Waals surface area contributed by atoms with Crippen LogP contribution in [0.25, 0.3) is 0 Å². The number of carboxylic acids is 1. The molecule has 0 unspecified atom stereocenters. The fourth-order valence-corrected chi connectivity index (χ4v) is 1.36. The molecule has 72 valence electrons. The van der Waals surface area contributed by atoms with Gasteiger partial charge < -0.3 is 14.7 Å². The number of aliphatic carboxylic acids is 1. The minimum Gasteiger partial charge on any atom is -0.476 e. The predicted octanol–water partition coefficient (Wildman–Crippen LogP) is 1.44. The van der Waals surface area contributed by atoms with Gasteiger partial charge in [-0.25, -0.2) is 4.79 Å². The number of carboxylic acid groups (broad SMARTS) is 1. The van der Waals surface area contributed by atoms with Crippen LogP contribution >= 0.6 is 0 Å². The van der Waals surface area contributed by atoms with Gasteiger partial charge in [-0.15, -0.1) is 0 Å². The Hall–Kier alpha value is -1.97. The molecule has 2 rings (SSSR count). The summed E-state index contributed by atoms with van der Waals surface area (Å²) < 4.78 is 5.18. The molecule has 1 aromatic carbocycles. The van der Waals surface area contributed by atoms with Gasteiger partial charge >= 0.3 is 5.97 Å². The monoisotopic (exact) mass is 191 g/mol. The maximum atomic E-state index is 10.8. The van der Waals surface area contributed by atoms with Crippen molar-refractivity contribution < 1.29 is 14.6 Å². The number of fused-ring (bicyclic) bond motifs is 1. The number of para-hydroxylation sites is 2. The Morgan fingerprint density at radius 3 is 2.86 bits per heavy atom. The van der Waals surface area contributed by atoms with E-state index >= 15 is 0 Å². The molecule has 0 aromatic heterocycles. The molecule has 4 heteroatoms. The van der Waals surface area contributed by atoms with Crippen molar-refractivity contribution in [3.05, 3.63) is 36.2 Å². The molecule has 0 aliphatic carbocycles. The Morgan fingerprint density at radius 1 is 1.43 bits per heavy atom. The number of rotatable bonds is 1. The van der Waals surface area contributed by atoms with Crippen LogP contribution in [0.3, 0.4) is 0 Å². The second kappa shape index (κ2) is 3.06. The van der Waals surface area contributed by atoms with Crippen molar-refractivity contribution in [3.8, 4) is 5.75 Å². The number of likely N-dealkylation sites (N-methyl/N-ethyl adjacent to an activating group) is 1. The smallest absolute Gasteiger partial charge is 0.355 e. The van der Waals surface area contributed by atoms with Crippen LogP contribution in [-0.2, 0) is 4.79 Å². The van der Waals surface area contributed by atoms with E-state index in [0.29, 0.717) is 5.75 Å². The van der Waals surface area contributed by atoms with Gasteiger partial charge in [0.15, 0.2) is 5.70 Å². The number of ether oxygens (including phenoxy) is 1. The lowest BCUT2D eigenvalue weighted by atomic mass is 10.2. The first kappa shape index (κ1) is 8.62. The third kappa shape index (κ3) is 1.21. The van der Waals surface area contributed by atoms with Crippen molar-refractivity contribution in [1.29, 1.82) is 0 Å². The number of anilines is 1. The predicted molar refractivity (Wildman–Crippen MR) is 51.2 cm³/mol. The molecule has 0 radical (unpaired) electrons. The lowest BCUT2D eigenvalue weighted by molar-refractivity contribution is -0.132. The topological polar surface area (TPSA) is 49.8 Å². The highest BCUT2D eigenvalue weighted by molar-refractivity contribution is 5.92. The van der Waals surface area contributed by atoms with Gasteiger partial charge in [-0.1, -0.05) is 12.1 Å². The molecule has 4 nitrogen and oxygen atoms in total. The van der Waals surface area contributed by atoms with Gasteiger partial charge in [0.05, 0.1) is 5.69 Å². The zero-order chi connectivity index (χ0) is 10.1. The highest BCUT2D eigenvalue weighted by Gasteiger charge is 2.22. The summed E-state index contributed by atoms with van der Waals surface area (Å²) in [4.78, 5) is 12.4. The highest BCUT2D eigenvalue weighted by atomic mass is 16.5. The van der Waals surface area contributed by atoms with E-state index in [9.17, 15) is 4.79 Å². The molecule has 1 heterocycles. The van der Waals surface area contributed by atoms with Crippen molar-refractivity contribution in [1.82, 2.24) is 0 Å². The van der Waals surface area contributed by atoms with Gasteiger partial charge in [0.2, 0.25) is 0 Å². The van der Waals surface area contributed by atoms with E-state index in [1.165, 1.54) is 6.26 Å². The van der Waals surface area contributed by atoms with Crippen LogP contribution in [0, 0.1) is 0 Å². The first-order valence-corrected chi connectivity index (χ1v) is 4.13. The SMILES string of the molecule is CN1C(C(=O)O)=COc2ccccc21. The van der Waals surface area contributed by atoms with Gasteiger partial charge in [-0.3, -0.25) is 0 Å². The molecule has 1 N–H and O–H groups in total. The van der Waals surface area contributed by atoms with Crippen molar-refractivity contribution in [2.45, 2.75) is 0 Å². The zero-order valence-electron chi connectivity index (χ0n) is 7.60. The molecule has 1 aromatic rings. The molecule has 0 bridgehead atoms. The molecule has 0 spiro atoms. The van der Waals surface area contributed by atoms with Crippen molar-refractivity contribution in [2.24, 2.45) is 0 Å². The van der Waals surface area contributed by atoms with E-state index in [0.717, 1.165) is 5.69 Å². The van der Waals surface area contributed by atoms with Gasteiger partial charge in [0.25, 0.3) is 0 Å². The Balaban J connectivity index is 2.44. The molecule has 0 atom stereocenters. The molecule has 0 amide bonds. The molecule has 0 saturated heterocycles. The van der Waals surface area contributed by atoms with Gasteiger partial charge in [-0.05, 0) is 12.1 Å². The Kier molecular flexibility index (Phi) is 1.89. The van der Waals surface area contributed by atoms with Crippen LogP contribution in [-0.4, -0.2) is 18.1 Å². The normalized spacial score (nSPS) is 14.1. The van der Waals surface area contributed by atoms with Crippen LogP contribution in [0.4, 0.5) is 5.69 Å². The van der Waals surface area contributed by atoms with Gasteiger partial charge in [0.1, 0.15) is 12.0 Å². The van der Waals surface area contributed by atoms with Crippen molar-refractivity contribution in [2.75, 3.05) is 11.9 Å². The lowest BCUT2D eigenvalue weighted by Crippen LogP contribution is -2.26. The third-order valence-corrected chi connectivity index (χ3v) is 2.10. The molecule has 1 aliphatic heterocycles. The first-order valence-electron chi connectivity index (χ1n) is 4.13. The van der Waals surface area contributed by atoms with Crippen LogP contribution in [0.2, 0.25) is 0 Å². The van der Waals surface area contributed by atoms with Gasteiger partial charge in [0, 0.05) is 7.05 Å². The molecular formula is C10H9NO3. The second-order valence-corrected chi connectivity index (χ2v) is 2.95. The molecule has 14 heavy (non-hydrogen) atoms. The minimum absolute atomic E-state index is 0.128. The number of nitrogens with zero attached hydrogens (tertiary/aromatic N) is 1. The van der Waals surface area contributed by atoms with E-state index < -0.39 is 5.97 Å². The Bertz CT molecular complexity index is 412. The number of hydrogen-bond acceptors (Lipinski definition) is 3.